The van der Waals surface area contributed by atoms with Crippen molar-refractivity contribution in [1.82, 2.24) is 0 Å². The van der Waals surface area contributed by atoms with Crippen LogP contribution in [0.1, 0.15) is 0 Å². The van der Waals surface area contributed by atoms with Gasteiger partial charge in [-0.3, -0.25) is 0 Å². The molecule has 0 aliphatic carbocycles. The van der Waals surface area contributed by atoms with Crippen LogP contribution in [0.4, 0.5) is 0 Å². The van der Waals surface area contributed by atoms with E-state index in [-0.39, 0.29) is 148 Å². The van der Waals surface area contributed by atoms with E-state index in [1.807, 2.05) is 0 Å². The topological polar surface area (TPSA) is 0 Å². The van der Waals surface area contributed by atoms with E-state index in [1.165, 1.54) is 0 Å². The predicted octanol–water partition coefficient (Wildman–Crippen LogP) is -3.29. The minimum atomic E-state index is 0. The predicted molar refractivity (Wildman–Crippen MR) is 28.4 cm³/mol. The van der Waals surface area contributed by atoms with E-state index in [0.29, 0.717) is 0 Å². The van der Waals surface area contributed by atoms with Gasteiger partial charge in [-0.25, -0.2) is 0 Å². The van der Waals surface area contributed by atoms with Gasteiger partial charge >= 0.3 is 83.4 Å². The molecule has 0 saturated heterocycles. The van der Waals surface area contributed by atoms with E-state index in [1.54, 1.807) is 0 Å². The Labute approximate surface area is 144 Å². The van der Waals surface area contributed by atoms with Gasteiger partial charge < -0.3 is 0 Å². The molecular formula is H8CaGaInTbZr. The Kier molecular flexibility index (Phi) is 150. The first-order chi connectivity index (χ1) is 0. The van der Waals surface area contributed by atoms with Crippen molar-refractivity contribution in [3.8, 4) is 0 Å². The third-order valence-electron chi connectivity index (χ3n) is 0. The van der Waals surface area contributed by atoms with Crippen LogP contribution in [0.15, 0.2) is 0 Å². The number of hydrogen-bond acceptors (Lipinski definition) is 0. The molecule has 0 aromatic rings. The van der Waals surface area contributed by atoms with Gasteiger partial charge in [-0.15, -0.1) is 0 Å². The third kappa shape index (κ3) is 17.6. The Balaban J connectivity index is 0. The molecule has 0 atom stereocenters. The van der Waals surface area contributed by atoms with Crippen molar-refractivity contribution in [2.75, 3.05) is 0 Å². The van der Waals surface area contributed by atoms with Crippen molar-refractivity contribution >= 4 is 83.4 Å². The van der Waals surface area contributed by atoms with Crippen LogP contribution in [0.3, 0.4) is 0 Å². The van der Waals surface area contributed by atoms with E-state index in [2.05, 4.69) is 0 Å². The summed E-state index contributed by atoms with van der Waals surface area (Å²) in [4.78, 5) is 0. The first-order valence-electron chi connectivity index (χ1n) is 0. The van der Waals surface area contributed by atoms with Crippen molar-refractivity contribution in [3.05, 3.63) is 0 Å². The average molecular weight is 483 g/mol. The summed E-state index contributed by atoms with van der Waals surface area (Å²) in [6.45, 7) is 0. The Morgan fingerprint density at radius 1 is 1.00 bits per heavy atom. The van der Waals surface area contributed by atoms with Crippen LogP contribution in [-0.4, -0.2) is 83.4 Å². The van der Waals surface area contributed by atoms with Gasteiger partial charge in [0.15, 0.2) is 0 Å². The second kappa shape index (κ2) is 23.1. The summed E-state index contributed by atoms with van der Waals surface area (Å²) < 4.78 is 0. The fraction of sp³-hybridized carbons (Fsp3) is 0. The molecule has 5 heavy (non-hydrogen) atoms. The Morgan fingerprint density at radius 3 is 1.00 bits per heavy atom. The average Bonchev–Trinajstić information content (AvgIpc) is 0. The Hall–Kier alpha value is 4.94. The van der Waals surface area contributed by atoms with Gasteiger partial charge in [0.05, 0.1) is 0 Å². The van der Waals surface area contributed by atoms with Crippen molar-refractivity contribution in [2.24, 2.45) is 0 Å². The largest absolute Gasteiger partial charge is 0 e. The maximum atomic E-state index is 0. The smallest absolute Gasteiger partial charge is 0 e. The fourth-order valence-corrected chi connectivity index (χ4v) is 0. The minimum Gasteiger partial charge on any atom is 0 e. The summed E-state index contributed by atoms with van der Waals surface area (Å²) in [5.74, 6) is 0. The molecule has 29 valence electrons. The number of hydrogen-bond donors (Lipinski definition) is 0. The van der Waals surface area contributed by atoms with E-state index in [4.69, 9.17) is 0 Å². The first kappa shape index (κ1) is 32.6. The van der Waals surface area contributed by atoms with Crippen molar-refractivity contribution in [1.29, 1.82) is 0 Å². The second-order valence-corrected chi connectivity index (χ2v) is 0. The van der Waals surface area contributed by atoms with Crippen LogP contribution in [-0.2, 0) is 26.2 Å². The van der Waals surface area contributed by atoms with Gasteiger partial charge in [-0.05, 0) is 0 Å². The third-order valence-corrected chi connectivity index (χ3v) is 0. The Bertz CT molecular complexity index is 11.6. The molecule has 0 aliphatic rings. The standard InChI is InChI=1S/Ca.Ga.In.Tb.Zr.8H. The summed E-state index contributed by atoms with van der Waals surface area (Å²) in [5, 5.41) is 0. The molecule has 0 aromatic heterocycles. The molecule has 0 bridgehead atoms. The molecule has 0 spiro atoms. The van der Waals surface area contributed by atoms with Gasteiger partial charge in [-0.1, -0.05) is 0 Å². The molecule has 0 nitrogen and oxygen atoms in total. The van der Waals surface area contributed by atoms with Crippen molar-refractivity contribution < 1.29 is 64.8 Å². The van der Waals surface area contributed by atoms with Crippen LogP contribution in [0, 0.1) is 38.6 Å². The van der Waals surface area contributed by atoms with Crippen LogP contribution in [0.5, 0.6) is 0 Å². The SMILES string of the molecule is [CaH2].[GaH3].[InH3].[Tb].[Zr]. The zero-order chi connectivity index (χ0) is 0. The zero-order valence-electron chi connectivity index (χ0n) is 0.833. The maximum absolute atomic E-state index is 0. The van der Waals surface area contributed by atoms with Crippen LogP contribution < -0.4 is 0 Å². The van der Waals surface area contributed by atoms with Crippen LogP contribution in [0.25, 0.3) is 0 Å². The van der Waals surface area contributed by atoms with E-state index in [0.717, 1.165) is 0 Å². The summed E-state index contributed by atoms with van der Waals surface area (Å²) in [6, 6.07) is 0. The molecule has 0 amide bonds. The monoisotopic (exact) mass is 481 g/mol. The van der Waals surface area contributed by atoms with E-state index >= 15 is 0 Å². The molecule has 5 heteroatoms. The molecule has 0 heterocycles. The van der Waals surface area contributed by atoms with Crippen LogP contribution >= 0.6 is 0 Å². The summed E-state index contributed by atoms with van der Waals surface area (Å²) in [5.41, 5.74) is 0. The van der Waals surface area contributed by atoms with Crippen molar-refractivity contribution in [2.45, 2.75) is 0 Å². The number of rotatable bonds is 0. The zero-order valence-corrected chi connectivity index (χ0v) is 5.43. The van der Waals surface area contributed by atoms with E-state index < -0.39 is 0 Å². The van der Waals surface area contributed by atoms with Gasteiger partial charge in [0.2, 0.25) is 0 Å². The maximum Gasteiger partial charge on any atom is 0 e. The molecule has 0 fully saturated rings. The van der Waals surface area contributed by atoms with Gasteiger partial charge in [0.1, 0.15) is 0 Å². The Morgan fingerprint density at radius 2 is 1.00 bits per heavy atom. The molecule has 0 N–H and O–H groups in total. The molecule has 0 rings (SSSR count). The molecule has 0 aromatic carbocycles. The summed E-state index contributed by atoms with van der Waals surface area (Å²) in [7, 11) is 0. The molecule has 0 saturated carbocycles. The summed E-state index contributed by atoms with van der Waals surface area (Å²) >= 11 is 0. The fourth-order valence-electron chi connectivity index (χ4n) is 0. The van der Waals surface area contributed by atoms with Crippen molar-refractivity contribution in [3.63, 3.8) is 0 Å². The van der Waals surface area contributed by atoms with Gasteiger partial charge in [0.25, 0.3) is 0 Å². The molecular weight excluding hydrogens is 475 g/mol. The molecule has 0 aliphatic heterocycles. The first-order valence-corrected chi connectivity index (χ1v) is 0. The van der Waals surface area contributed by atoms with Gasteiger partial charge in [-0.2, -0.15) is 0 Å². The van der Waals surface area contributed by atoms with Gasteiger partial charge in [0, 0.05) is 64.8 Å². The van der Waals surface area contributed by atoms with Crippen LogP contribution in [0.2, 0.25) is 0 Å². The molecule has 1 radical (unpaired) electrons. The summed E-state index contributed by atoms with van der Waals surface area (Å²) in [6.07, 6.45) is 0. The second-order valence-electron chi connectivity index (χ2n) is 0. The normalized spacial score (nSPS) is 0. The van der Waals surface area contributed by atoms with E-state index in [9.17, 15) is 0 Å². The minimum absolute atomic E-state index is 0. The quantitative estimate of drug-likeness (QED) is 0.318. The molecule has 0 unspecified atom stereocenters.